The smallest absolute Gasteiger partial charge is 0.163 e. The van der Waals surface area contributed by atoms with E-state index >= 15 is 0 Å². The fraction of sp³-hybridized carbons (Fsp3) is 0.158. The van der Waals surface area contributed by atoms with E-state index in [2.05, 4.69) is 20.6 Å². The highest BCUT2D eigenvalue weighted by Gasteiger charge is 2.12. The molecule has 0 bridgehead atoms. The van der Waals surface area contributed by atoms with Gasteiger partial charge in [-0.3, -0.25) is 0 Å². The first-order valence-electron chi connectivity index (χ1n) is 8.21. The lowest BCUT2D eigenvalue weighted by Gasteiger charge is -2.19. The first-order chi connectivity index (χ1) is 12.7. The van der Waals surface area contributed by atoms with E-state index in [1.807, 2.05) is 25.1 Å². The zero-order valence-corrected chi connectivity index (χ0v) is 14.1. The third-order valence-corrected chi connectivity index (χ3v) is 3.77. The number of fused-ring (bicyclic) bond motifs is 1. The van der Waals surface area contributed by atoms with Gasteiger partial charge in [-0.1, -0.05) is 0 Å². The Hall–Kier alpha value is -3.35. The van der Waals surface area contributed by atoms with E-state index < -0.39 is 0 Å². The summed E-state index contributed by atoms with van der Waals surface area (Å²) >= 11 is 0. The van der Waals surface area contributed by atoms with Gasteiger partial charge >= 0.3 is 0 Å². The number of aromatic nitrogens is 2. The van der Waals surface area contributed by atoms with Crippen molar-refractivity contribution in [2.45, 2.75) is 6.92 Å². The molecule has 0 saturated heterocycles. The number of nitrogens with one attached hydrogen (secondary N) is 2. The molecule has 132 valence electrons. The van der Waals surface area contributed by atoms with Crippen molar-refractivity contribution < 1.29 is 13.9 Å². The Morgan fingerprint density at radius 2 is 1.42 bits per heavy atom. The van der Waals surface area contributed by atoms with Crippen LogP contribution in [0.3, 0.4) is 0 Å². The second-order valence-electron chi connectivity index (χ2n) is 5.80. The van der Waals surface area contributed by atoms with Crippen LogP contribution >= 0.6 is 0 Å². The van der Waals surface area contributed by atoms with Gasteiger partial charge in [-0.25, -0.2) is 14.4 Å². The molecule has 0 amide bonds. The largest absolute Gasteiger partial charge is 0.486 e. The molecule has 0 saturated carbocycles. The Morgan fingerprint density at radius 1 is 0.808 bits per heavy atom. The third kappa shape index (κ3) is 3.66. The van der Waals surface area contributed by atoms with E-state index in [1.54, 1.807) is 18.2 Å². The van der Waals surface area contributed by atoms with Crippen LogP contribution in [0, 0.1) is 12.7 Å². The molecular weight excluding hydrogens is 335 g/mol. The Morgan fingerprint density at radius 3 is 2.15 bits per heavy atom. The van der Waals surface area contributed by atoms with E-state index in [9.17, 15) is 4.39 Å². The third-order valence-electron chi connectivity index (χ3n) is 3.77. The molecule has 2 N–H and O–H groups in total. The van der Waals surface area contributed by atoms with E-state index in [0.717, 1.165) is 17.1 Å². The van der Waals surface area contributed by atoms with Crippen molar-refractivity contribution in [2.75, 3.05) is 23.8 Å². The van der Waals surface area contributed by atoms with Gasteiger partial charge in [-0.2, -0.15) is 0 Å². The van der Waals surface area contributed by atoms with Crippen LogP contribution in [0.25, 0.3) is 0 Å². The van der Waals surface area contributed by atoms with E-state index in [0.29, 0.717) is 36.4 Å². The minimum Gasteiger partial charge on any atom is -0.486 e. The standard InChI is InChI=1S/C19H17FN4O2/c1-12-21-18(23-14-4-2-13(20)3-5-14)11-19(22-12)24-15-6-7-16-17(10-15)26-9-8-25-16/h2-7,10-11H,8-9H2,1H3,(H2,21,22,23,24). The van der Waals surface area contributed by atoms with Crippen LogP contribution in [-0.2, 0) is 0 Å². The second-order valence-corrected chi connectivity index (χ2v) is 5.80. The minimum absolute atomic E-state index is 0.282. The van der Waals surface area contributed by atoms with Gasteiger partial charge < -0.3 is 20.1 Å². The molecule has 1 aliphatic heterocycles. The molecule has 0 fully saturated rings. The van der Waals surface area contributed by atoms with E-state index in [1.165, 1.54) is 12.1 Å². The highest BCUT2D eigenvalue weighted by atomic mass is 19.1. The van der Waals surface area contributed by atoms with Gasteiger partial charge in [0, 0.05) is 23.5 Å². The number of benzene rings is 2. The highest BCUT2D eigenvalue weighted by Crippen LogP contribution is 2.33. The number of hydrogen-bond acceptors (Lipinski definition) is 6. The molecule has 0 unspecified atom stereocenters. The first-order valence-corrected chi connectivity index (χ1v) is 8.21. The topological polar surface area (TPSA) is 68.3 Å². The zero-order valence-electron chi connectivity index (χ0n) is 14.1. The maximum atomic E-state index is 13.0. The molecule has 0 atom stereocenters. The Labute approximate surface area is 150 Å². The molecular formula is C19H17FN4O2. The molecule has 0 aliphatic carbocycles. The number of aryl methyl sites for hydroxylation is 1. The number of rotatable bonds is 4. The van der Waals surface area contributed by atoms with Gasteiger partial charge in [-0.15, -0.1) is 0 Å². The van der Waals surface area contributed by atoms with Gasteiger partial charge in [0.2, 0.25) is 0 Å². The van der Waals surface area contributed by atoms with Crippen LogP contribution in [0.1, 0.15) is 5.82 Å². The summed E-state index contributed by atoms with van der Waals surface area (Å²) in [5.41, 5.74) is 1.58. The molecule has 0 spiro atoms. The molecule has 4 rings (SSSR count). The maximum Gasteiger partial charge on any atom is 0.163 e. The Kier molecular flexibility index (Phi) is 4.27. The molecule has 7 heteroatoms. The lowest BCUT2D eigenvalue weighted by Crippen LogP contribution is -2.15. The van der Waals surface area contributed by atoms with Crippen molar-refractivity contribution >= 4 is 23.0 Å². The van der Waals surface area contributed by atoms with Crippen molar-refractivity contribution in [3.8, 4) is 11.5 Å². The zero-order chi connectivity index (χ0) is 17.9. The molecule has 6 nitrogen and oxygen atoms in total. The van der Waals surface area contributed by atoms with Gasteiger partial charge in [-0.05, 0) is 43.3 Å². The molecule has 0 radical (unpaired) electrons. The lowest BCUT2D eigenvalue weighted by atomic mass is 10.2. The minimum atomic E-state index is -0.282. The quantitative estimate of drug-likeness (QED) is 0.734. The predicted molar refractivity (Wildman–Crippen MR) is 97.2 cm³/mol. The summed E-state index contributed by atoms with van der Waals surface area (Å²) in [7, 11) is 0. The average Bonchev–Trinajstić information content (AvgIpc) is 2.63. The van der Waals surface area contributed by atoms with E-state index in [4.69, 9.17) is 9.47 Å². The van der Waals surface area contributed by atoms with Crippen LogP contribution < -0.4 is 20.1 Å². The van der Waals surface area contributed by atoms with E-state index in [-0.39, 0.29) is 5.82 Å². The fourth-order valence-electron chi connectivity index (χ4n) is 2.65. The number of halogens is 1. The van der Waals surface area contributed by atoms with Crippen LogP contribution in [0.5, 0.6) is 11.5 Å². The predicted octanol–water partition coefficient (Wildman–Crippen LogP) is 4.18. The van der Waals surface area contributed by atoms with Gasteiger partial charge in [0.05, 0.1) is 0 Å². The van der Waals surface area contributed by atoms with Gasteiger partial charge in [0.15, 0.2) is 11.5 Å². The highest BCUT2D eigenvalue weighted by molar-refractivity contribution is 5.65. The van der Waals surface area contributed by atoms with Crippen LogP contribution in [0.15, 0.2) is 48.5 Å². The number of anilines is 4. The first kappa shape index (κ1) is 16.1. The Balaban J connectivity index is 1.55. The van der Waals surface area contributed by atoms with Crippen molar-refractivity contribution in [1.82, 2.24) is 9.97 Å². The summed E-state index contributed by atoms with van der Waals surface area (Å²) in [5.74, 6) is 3.02. The summed E-state index contributed by atoms with van der Waals surface area (Å²) in [6.07, 6.45) is 0. The van der Waals surface area contributed by atoms with Crippen LogP contribution in [0.2, 0.25) is 0 Å². The summed E-state index contributed by atoms with van der Waals surface area (Å²) < 4.78 is 24.2. The lowest BCUT2D eigenvalue weighted by molar-refractivity contribution is 0.171. The fourth-order valence-corrected chi connectivity index (χ4v) is 2.65. The number of ether oxygens (including phenoxy) is 2. The maximum absolute atomic E-state index is 13.0. The van der Waals surface area contributed by atoms with Crippen LogP contribution in [-0.4, -0.2) is 23.2 Å². The SMILES string of the molecule is Cc1nc(Nc2ccc(F)cc2)cc(Nc2ccc3c(c2)OCCO3)n1. The van der Waals surface area contributed by atoms with Crippen molar-refractivity contribution in [3.63, 3.8) is 0 Å². The molecule has 2 aromatic carbocycles. The molecule has 1 aliphatic rings. The van der Waals surface area contributed by atoms with Gasteiger partial charge in [0.25, 0.3) is 0 Å². The van der Waals surface area contributed by atoms with Crippen molar-refractivity contribution in [2.24, 2.45) is 0 Å². The molecule has 3 aromatic rings. The molecule has 2 heterocycles. The average molecular weight is 352 g/mol. The van der Waals surface area contributed by atoms with Gasteiger partial charge in [0.1, 0.15) is 36.5 Å². The van der Waals surface area contributed by atoms with Crippen molar-refractivity contribution in [3.05, 3.63) is 60.2 Å². The molecule has 1 aromatic heterocycles. The summed E-state index contributed by atoms with van der Waals surface area (Å²) in [4.78, 5) is 8.77. The number of nitrogens with zero attached hydrogens (tertiary/aromatic N) is 2. The molecule has 26 heavy (non-hydrogen) atoms. The normalized spacial score (nSPS) is 12.5. The van der Waals surface area contributed by atoms with Crippen molar-refractivity contribution in [1.29, 1.82) is 0 Å². The monoisotopic (exact) mass is 352 g/mol. The summed E-state index contributed by atoms with van der Waals surface area (Å²) in [6.45, 7) is 2.91. The number of hydrogen-bond donors (Lipinski definition) is 2. The summed E-state index contributed by atoms with van der Waals surface area (Å²) in [5, 5.41) is 6.39. The summed E-state index contributed by atoms with van der Waals surface area (Å²) in [6, 6.07) is 13.5. The van der Waals surface area contributed by atoms with Crippen LogP contribution in [0.4, 0.5) is 27.4 Å². The Bertz CT molecular complexity index is 931. The second kappa shape index (κ2) is 6.87.